The van der Waals surface area contributed by atoms with Crippen molar-refractivity contribution in [2.75, 3.05) is 6.61 Å². The molecule has 0 aliphatic carbocycles. The third-order valence-electron chi connectivity index (χ3n) is 2.78. The lowest BCUT2D eigenvalue weighted by Crippen LogP contribution is -1.98. The van der Waals surface area contributed by atoms with Gasteiger partial charge in [0.05, 0.1) is 6.61 Å². The van der Waals surface area contributed by atoms with Crippen LogP contribution in [-0.2, 0) is 9.53 Å². The first-order chi connectivity index (χ1) is 9.70. The van der Waals surface area contributed by atoms with Crippen molar-refractivity contribution >= 4 is 12.0 Å². The number of esters is 1. The van der Waals surface area contributed by atoms with Crippen LogP contribution in [0.4, 0.5) is 4.39 Å². The maximum absolute atomic E-state index is 14.1. The summed E-state index contributed by atoms with van der Waals surface area (Å²) in [6.07, 6.45) is 2.83. The third kappa shape index (κ3) is 3.54. The van der Waals surface area contributed by atoms with Gasteiger partial charge in [0.15, 0.2) is 0 Å². The molecule has 0 aromatic heterocycles. The van der Waals surface area contributed by atoms with E-state index in [1.165, 1.54) is 18.2 Å². The average molecular weight is 270 g/mol. The predicted octanol–water partition coefficient (Wildman–Crippen LogP) is 4.07. The Morgan fingerprint density at radius 1 is 1.20 bits per heavy atom. The van der Waals surface area contributed by atoms with Crippen LogP contribution in [0.15, 0.2) is 54.6 Å². The Balaban J connectivity index is 2.20. The lowest BCUT2D eigenvalue weighted by Gasteiger charge is -2.04. The molecule has 2 nitrogen and oxygen atoms in total. The van der Waals surface area contributed by atoms with Gasteiger partial charge in [-0.25, -0.2) is 9.18 Å². The Hall–Kier alpha value is -2.42. The summed E-state index contributed by atoms with van der Waals surface area (Å²) < 4.78 is 18.8. The molecule has 0 saturated heterocycles. The summed E-state index contributed by atoms with van der Waals surface area (Å²) >= 11 is 0. The monoisotopic (exact) mass is 270 g/mol. The van der Waals surface area contributed by atoms with Crippen molar-refractivity contribution in [3.05, 3.63) is 66.0 Å². The molecule has 20 heavy (non-hydrogen) atoms. The molecule has 0 unspecified atom stereocenters. The Morgan fingerprint density at radius 3 is 2.60 bits per heavy atom. The molecule has 3 heteroatoms. The normalized spacial score (nSPS) is 10.7. The van der Waals surface area contributed by atoms with Crippen molar-refractivity contribution in [1.29, 1.82) is 0 Å². The number of ether oxygens (including phenoxy) is 1. The predicted molar refractivity (Wildman–Crippen MR) is 77.5 cm³/mol. The van der Waals surface area contributed by atoms with Crippen LogP contribution in [0.5, 0.6) is 0 Å². The Kier molecular flexibility index (Phi) is 4.66. The van der Waals surface area contributed by atoms with E-state index in [1.54, 1.807) is 19.1 Å². The third-order valence-corrected chi connectivity index (χ3v) is 2.78. The van der Waals surface area contributed by atoms with Crippen molar-refractivity contribution in [3.8, 4) is 11.1 Å². The number of carbonyl (C=O) groups is 1. The van der Waals surface area contributed by atoms with Gasteiger partial charge in [0.2, 0.25) is 0 Å². The fraction of sp³-hybridized carbons (Fsp3) is 0.118. The zero-order valence-electron chi connectivity index (χ0n) is 11.2. The van der Waals surface area contributed by atoms with E-state index in [2.05, 4.69) is 0 Å². The molecule has 0 fully saturated rings. The second-order valence-electron chi connectivity index (χ2n) is 4.19. The summed E-state index contributed by atoms with van der Waals surface area (Å²) in [4.78, 5) is 11.2. The molecule has 0 amide bonds. The van der Waals surface area contributed by atoms with Crippen molar-refractivity contribution in [3.63, 3.8) is 0 Å². The maximum Gasteiger partial charge on any atom is 0.330 e. The van der Waals surface area contributed by atoms with E-state index in [1.807, 2.05) is 30.3 Å². The van der Waals surface area contributed by atoms with Crippen LogP contribution >= 0.6 is 0 Å². The van der Waals surface area contributed by atoms with Gasteiger partial charge in [-0.15, -0.1) is 0 Å². The van der Waals surface area contributed by atoms with E-state index < -0.39 is 5.97 Å². The summed E-state index contributed by atoms with van der Waals surface area (Å²) in [6, 6.07) is 14.2. The molecular formula is C17H15FO2. The van der Waals surface area contributed by atoms with Gasteiger partial charge in [0.25, 0.3) is 0 Å². The number of hydrogen-bond acceptors (Lipinski definition) is 2. The Morgan fingerprint density at radius 2 is 1.95 bits per heavy atom. The molecule has 0 aliphatic rings. The Labute approximate surface area is 117 Å². The largest absolute Gasteiger partial charge is 0.463 e. The van der Waals surface area contributed by atoms with Gasteiger partial charge in [-0.05, 0) is 30.2 Å². The fourth-order valence-corrected chi connectivity index (χ4v) is 1.84. The zero-order valence-corrected chi connectivity index (χ0v) is 11.2. The molecule has 102 valence electrons. The molecule has 2 aromatic rings. The van der Waals surface area contributed by atoms with Crippen molar-refractivity contribution in [2.24, 2.45) is 0 Å². The second kappa shape index (κ2) is 6.66. The minimum atomic E-state index is -0.431. The van der Waals surface area contributed by atoms with E-state index in [9.17, 15) is 9.18 Å². The summed E-state index contributed by atoms with van der Waals surface area (Å²) in [5.41, 5.74) is 1.99. The number of halogens is 1. The van der Waals surface area contributed by atoms with Gasteiger partial charge in [0.1, 0.15) is 5.82 Å². The maximum atomic E-state index is 14.1. The summed E-state index contributed by atoms with van der Waals surface area (Å²) in [7, 11) is 0. The van der Waals surface area contributed by atoms with Crippen LogP contribution < -0.4 is 0 Å². The van der Waals surface area contributed by atoms with E-state index in [-0.39, 0.29) is 5.82 Å². The number of carbonyl (C=O) groups excluding carboxylic acids is 1. The SMILES string of the molecule is CCOC(=O)C=Cc1ccc(-c2ccccc2)c(F)c1. The fourth-order valence-electron chi connectivity index (χ4n) is 1.84. The number of hydrogen-bond donors (Lipinski definition) is 0. The zero-order chi connectivity index (χ0) is 14.4. The molecule has 0 saturated carbocycles. The lowest BCUT2D eigenvalue weighted by molar-refractivity contribution is -0.137. The second-order valence-corrected chi connectivity index (χ2v) is 4.19. The van der Waals surface area contributed by atoms with E-state index >= 15 is 0 Å². The van der Waals surface area contributed by atoms with Crippen molar-refractivity contribution in [1.82, 2.24) is 0 Å². The Bertz CT molecular complexity index is 618. The highest BCUT2D eigenvalue weighted by atomic mass is 19.1. The van der Waals surface area contributed by atoms with Crippen LogP contribution in [-0.4, -0.2) is 12.6 Å². The van der Waals surface area contributed by atoms with Gasteiger partial charge in [-0.3, -0.25) is 0 Å². The van der Waals surface area contributed by atoms with E-state index in [0.717, 1.165) is 5.56 Å². The molecule has 0 radical (unpaired) electrons. The van der Waals surface area contributed by atoms with Crippen molar-refractivity contribution < 1.29 is 13.9 Å². The standard InChI is InChI=1S/C17H15FO2/c1-2-20-17(19)11-9-13-8-10-15(16(18)12-13)14-6-4-3-5-7-14/h3-12H,2H2,1H3. The summed E-state index contributed by atoms with van der Waals surface area (Å²) in [5, 5.41) is 0. The first kappa shape index (κ1) is 14.0. The minimum Gasteiger partial charge on any atom is -0.463 e. The van der Waals surface area contributed by atoms with Gasteiger partial charge >= 0.3 is 5.97 Å². The molecule has 0 spiro atoms. The van der Waals surface area contributed by atoms with Crippen LogP contribution in [0.25, 0.3) is 17.2 Å². The van der Waals surface area contributed by atoms with Gasteiger partial charge in [-0.2, -0.15) is 0 Å². The smallest absolute Gasteiger partial charge is 0.330 e. The quantitative estimate of drug-likeness (QED) is 0.618. The van der Waals surface area contributed by atoms with Crippen LogP contribution in [0.1, 0.15) is 12.5 Å². The minimum absolute atomic E-state index is 0.317. The summed E-state index contributed by atoms with van der Waals surface area (Å²) in [5.74, 6) is -0.748. The number of rotatable bonds is 4. The lowest BCUT2D eigenvalue weighted by atomic mass is 10.0. The van der Waals surface area contributed by atoms with Gasteiger partial charge < -0.3 is 4.74 Å². The molecule has 2 rings (SSSR count). The molecule has 0 aliphatic heterocycles. The van der Waals surface area contributed by atoms with E-state index in [0.29, 0.717) is 17.7 Å². The topological polar surface area (TPSA) is 26.3 Å². The molecule has 0 bridgehead atoms. The van der Waals surface area contributed by atoms with Gasteiger partial charge in [0, 0.05) is 11.6 Å². The van der Waals surface area contributed by atoms with Crippen LogP contribution in [0.3, 0.4) is 0 Å². The molecule has 0 heterocycles. The molecular weight excluding hydrogens is 255 g/mol. The first-order valence-electron chi connectivity index (χ1n) is 6.40. The highest BCUT2D eigenvalue weighted by molar-refractivity contribution is 5.87. The number of benzene rings is 2. The van der Waals surface area contributed by atoms with E-state index in [4.69, 9.17) is 4.74 Å². The summed E-state index contributed by atoms with van der Waals surface area (Å²) in [6.45, 7) is 2.06. The highest BCUT2D eigenvalue weighted by Gasteiger charge is 2.04. The van der Waals surface area contributed by atoms with Crippen LogP contribution in [0, 0.1) is 5.82 Å². The molecule has 2 aromatic carbocycles. The molecule has 0 N–H and O–H groups in total. The molecule has 0 atom stereocenters. The highest BCUT2D eigenvalue weighted by Crippen LogP contribution is 2.23. The van der Waals surface area contributed by atoms with Crippen LogP contribution in [0.2, 0.25) is 0 Å². The average Bonchev–Trinajstić information content (AvgIpc) is 2.46. The van der Waals surface area contributed by atoms with Gasteiger partial charge in [-0.1, -0.05) is 42.5 Å². The first-order valence-corrected chi connectivity index (χ1v) is 6.40. The van der Waals surface area contributed by atoms with Crippen molar-refractivity contribution in [2.45, 2.75) is 6.92 Å².